The Morgan fingerprint density at radius 3 is 2.41 bits per heavy atom. The van der Waals surface area contributed by atoms with Crippen LogP contribution in [0.15, 0.2) is 48.8 Å². The van der Waals surface area contributed by atoms with Gasteiger partial charge in [-0.25, -0.2) is 14.8 Å². The van der Waals surface area contributed by atoms with Crippen molar-refractivity contribution in [3.05, 3.63) is 54.4 Å². The molecule has 0 radical (unpaired) electrons. The van der Waals surface area contributed by atoms with Crippen LogP contribution in [0.2, 0.25) is 0 Å². The van der Waals surface area contributed by atoms with E-state index < -0.39 is 5.97 Å². The molecule has 0 aliphatic heterocycles. The number of esters is 2. The molecule has 0 fully saturated rings. The zero-order chi connectivity index (χ0) is 23.2. The van der Waals surface area contributed by atoms with Gasteiger partial charge in [0.25, 0.3) is 0 Å². The first kappa shape index (κ1) is 25.2. The van der Waals surface area contributed by atoms with E-state index in [-0.39, 0.29) is 12.1 Å². The van der Waals surface area contributed by atoms with Gasteiger partial charge in [-0.05, 0) is 51.0 Å². The van der Waals surface area contributed by atoms with Crippen LogP contribution in [0.4, 0.5) is 0 Å². The molecule has 1 aromatic heterocycles. The van der Waals surface area contributed by atoms with E-state index in [1.807, 2.05) is 25.1 Å². The van der Waals surface area contributed by atoms with Crippen molar-refractivity contribution in [2.75, 3.05) is 0 Å². The number of benzene rings is 1. The van der Waals surface area contributed by atoms with Crippen LogP contribution in [-0.4, -0.2) is 28.0 Å². The van der Waals surface area contributed by atoms with Crippen LogP contribution < -0.4 is 4.74 Å². The number of hydrogen-bond donors (Lipinski definition) is 0. The molecule has 6 heteroatoms. The minimum atomic E-state index is -0.413. The third kappa shape index (κ3) is 9.86. The zero-order valence-corrected chi connectivity index (χ0v) is 19.4. The highest BCUT2D eigenvalue weighted by molar-refractivity contribution is 5.83. The molecule has 6 nitrogen and oxygen atoms in total. The third-order valence-corrected chi connectivity index (χ3v) is 4.98. The maximum Gasteiger partial charge on any atom is 0.335 e. The maximum atomic E-state index is 11.8. The Morgan fingerprint density at radius 2 is 1.75 bits per heavy atom. The molecule has 0 saturated carbocycles. The van der Waals surface area contributed by atoms with Crippen molar-refractivity contribution in [2.24, 2.45) is 0 Å². The zero-order valence-electron chi connectivity index (χ0n) is 19.4. The summed E-state index contributed by atoms with van der Waals surface area (Å²) in [7, 11) is 0. The molecule has 0 aliphatic carbocycles. The molecule has 32 heavy (non-hydrogen) atoms. The first-order valence-corrected chi connectivity index (χ1v) is 11.4. The Hall–Kier alpha value is -3.02. The van der Waals surface area contributed by atoms with Crippen molar-refractivity contribution < 1.29 is 19.1 Å². The lowest BCUT2D eigenvalue weighted by Crippen LogP contribution is -2.11. The largest absolute Gasteiger partial charge is 0.463 e. The molecule has 0 amide bonds. The molecule has 172 valence electrons. The van der Waals surface area contributed by atoms with Crippen LogP contribution in [0.25, 0.3) is 11.4 Å². The summed E-state index contributed by atoms with van der Waals surface area (Å²) in [6.07, 6.45) is 14.5. The first-order valence-electron chi connectivity index (χ1n) is 11.4. The van der Waals surface area contributed by atoms with Crippen LogP contribution in [0, 0.1) is 0 Å². The second-order valence-corrected chi connectivity index (χ2v) is 7.92. The highest BCUT2D eigenvalue weighted by atomic mass is 16.5. The SMILES string of the molecule is CCCCC/C=C/C(=O)Oc1cnc(-c2ccc(CCCCC(C)OC(C)=O)cc2)nc1. The average Bonchev–Trinajstić information content (AvgIpc) is 2.77. The van der Waals surface area contributed by atoms with E-state index in [0.717, 1.165) is 56.9 Å². The van der Waals surface area contributed by atoms with Crippen molar-refractivity contribution in [3.8, 4) is 17.1 Å². The van der Waals surface area contributed by atoms with Gasteiger partial charge in [0.15, 0.2) is 11.6 Å². The highest BCUT2D eigenvalue weighted by Crippen LogP contribution is 2.19. The standard InChI is InChI=1S/C26H34N2O4/c1-4-5-6-7-8-13-25(30)32-24-18-27-26(28-19-24)23-16-14-22(15-17-23)12-10-9-11-20(2)31-21(3)29/h8,13-20H,4-7,9-12H2,1-3H3/b13-8+. The van der Waals surface area contributed by atoms with Crippen molar-refractivity contribution in [2.45, 2.75) is 78.2 Å². The van der Waals surface area contributed by atoms with E-state index in [2.05, 4.69) is 29.0 Å². The summed E-state index contributed by atoms with van der Waals surface area (Å²) >= 11 is 0. The highest BCUT2D eigenvalue weighted by Gasteiger charge is 2.07. The smallest absolute Gasteiger partial charge is 0.335 e. The van der Waals surface area contributed by atoms with Gasteiger partial charge in [-0.3, -0.25) is 4.79 Å². The number of carbonyl (C=O) groups is 2. The predicted octanol–water partition coefficient (Wildman–Crippen LogP) is 5.85. The molecular formula is C26H34N2O4. The van der Waals surface area contributed by atoms with Crippen molar-refractivity contribution in [1.82, 2.24) is 9.97 Å². The van der Waals surface area contributed by atoms with Crippen LogP contribution in [-0.2, 0) is 20.7 Å². The van der Waals surface area contributed by atoms with Gasteiger partial charge in [-0.15, -0.1) is 0 Å². The fourth-order valence-electron chi connectivity index (χ4n) is 3.28. The summed E-state index contributed by atoms with van der Waals surface area (Å²) in [5, 5.41) is 0. The summed E-state index contributed by atoms with van der Waals surface area (Å²) in [5.41, 5.74) is 2.15. The maximum absolute atomic E-state index is 11.8. The number of aryl methyl sites for hydroxylation is 1. The van der Waals surface area contributed by atoms with Crippen LogP contribution in [0.1, 0.15) is 71.3 Å². The monoisotopic (exact) mass is 438 g/mol. The van der Waals surface area contributed by atoms with Gasteiger partial charge in [0, 0.05) is 18.6 Å². The van der Waals surface area contributed by atoms with Crippen LogP contribution >= 0.6 is 0 Å². The molecule has 1 aromatic carbocycles. The average molecular weight is 439 g/mol. The van der Waals surface area contributed by atoms with E-state index in [4.69, 9.17) is 9.47 Å². The van der Waals surface area contributed by atoms with E-state index in [9.17, 15) is 9.59 Å². The molecule has 1 heterocycles. The number of nitrogens with zero attached hydrogens (tertiary/aromatic N) is 2. The predicted molar refractivity (Wildman–Crippen MR) is 125 cm³/mol. The molecule has 2 aromatic rings. The van der Waals surface area contributed by atoms with E-state index in [0.29, 0.717) is 11.6 Å². The van der Waals surface area contributed by atoms with Gasteiger partial charge < -0.3 is 9.47 Å². The minimum absolute atomic E-state index is 0.0314. The molecule has 0 aliphatic rings. The van der Waals surface area contributed by atoms with Gasteiger partial charge in [0.2, 0.25) is 0 Å². The van der Waals surface area contributed by atoms with E-state index in [1.54, 1.807) is 0 Å². The topological polar surface area (TPSA) is 78.4 Å². The lowest BCUT2D eigenvalue weighted by Gasteiger charge is -2.11. The van der Waals surface area contributed by atoms with Crippen LogP contribution in [0.3, 0.4) is 0 Å². The number of allylic oxidation sites excluding steroid dienone is 1. The van der Waals surface area contributed by atoms with Crippen LogP contribution in [0.5, 0.6) is 5.75 Å². The summed E-state index contributed by atoms with van der Waals surface area (Å²) < 4.78 is 10.4. The van der Waals surface area contributed by atoms with Crippen molar-refractivity contribution in [1.29, 1.82) is 0 Å². The number of unbranched alkanes of at least 4 members (excludes halogenated alkanes) is 4. The molecule has 0 saturated heterocycles. The molecule has 0 N–H and O–H groups in total. The fraction of sp³-hybridized carbons (Fsp3) is 0.462. The summed E-state index contributed by atoms with van der Waals surface area (Å²) in [6, 6.07) is 8.14. The van der Waals surface area contributed by atoms with Gasteiger partial charge in [0.1, 0.15) is 0 Å². The number of ether oxygens (including phenoxy) is 2. The molecule has 1 atom stereocenters. The normalized spacial score (nSPS) is 12.0. The number of carbonyl (C=O) groups excluding carboxylic acids is 2. The number of aromatic nitrogens is 2. The van der Waals surface area contributed by atoms with Gasteiger partial charge in [-0.1, -0.05) is 50.1 Å². The van der Waals surface area contributed by atoms with Crippen molar-refractivity contribution >= 4 is 11.9 Å². The second-order valence-electron chi connectivity index (χ2n) is 7.92. The summed E-state index contributed by atoms with van der Waals surface area (Å²) in [4.78, 5) is 31.4. The number of rotatable bonds is 13. The Kier molecular flexibility index (Phi) is 11.1. The second kappa shape index (κ2) is 14.1. The lowest BCUT2D eigenvalue weighted by molar-refractivity contribution is -0.145. The molecule has 0 bridgehead atoms. The summed E-state index contributed by atoms with van der Waals surface area (Å²) in [6.45, 7) is 5.51. The molecule has 0 spiro atoms. The number of hydrogen-bond acceptors (Lipinski definition) is 6. The van der Waals surface area contributed by atoms with Gasteiger partial charge in [-0.2, -0.15) is 0 Å². The van der Waals surface area contributed by atoms with Crippen molar-refractivity contribution in [3.63, 3.8) is 0 Å². The Balaban J connectivity index is 1.78. The quantitative estimate of drug-likeness (QED) is 0.222. The van der Waals surface area contributed by atoms with Gasteiger partial charge >= 0.3 is 11.9 Å². The lowest BCUT2D eigenvalue weighted by atomic mass is 10.0. The molecule has 2 rings (SSSR count). The molecular weight excluding hydrogens is 404 g/mol. The van der Waals surface area contributed by atoms with Gasteiger partial charge in [0.05, 0.1) is 18.5 Å². The molecule has 1 unspecified atom stereocenters. The fourth-order valence-corrected chi connectivity index (χ4v) is 3.28. The Morgan fingerprint density at radius 1 is 1.03 bits per heavy atom. The first-order chi connectivity index (χ1) is 15.5. The van der Waals surface area contributed by atoms with E-state index in [1.165, 1.54) is 31.0 Å². The summed E-state index contributed by atoms with van der Waals surface area (Å²) in [5.74, 6) is 0.277. The minimum Gasteiger partial charge on any atom is -0.463 e. The third-order valence-electron chi connectivity index (χ3n) is 4.98. The Labute approximate surface area is 191 Å². The van der Waals surface area contributed by atoms with E-state index >= 15 is 0 Å². The Bertz CT molecular complexity index is 860.